The molecule has 0 saturated carbocycles. The summed E-state index contributed by atoms with van der Waals surface area (Å²) in [6, 6.07) is 13.4. The predicted molar refractivity (Wildman–Crippen MR) is 87.2 cm³/mol. The molecule has 22 heavy (non-hydrogen) atoms. The van der Waals surface area contributed by atoms with E-state index >= 15 is 0 Å². The molecule has 0 N–H and O–H groups in total. The van der Waals surface area contributed by atoms with E-state index < -0.39 is 0 Å². The SMILES string of the molecule is COc1ccccc1CC(C)N(C)C(=O)c1cccc(C)n1. The highest BCUT2D eigenvalue weighted by Gasteiger charge is 2.20. The maximum atomic E-state index is 12.5. The molecule has 4 heteroatoms. The molecular weight excluding hydrogens is 276 g/mol. The fourth-order valence-corrected chi connectivity index (χ4v) is 2.37. The van der Waals surface area contributed by atoms with Crippen LogP contribution in [-0.2, 0) is 6.42 Å². The molecule has 116 valence electrons. The number of amides is 1. The molecule has 0 aliphatic carbocycles. The zero-order valence-corrected chi connectivity index (χ0v) is 13.5. The minimum atomic E-state index is -0.0638. The van der Waals surface area contributed by atoms with Gasteiger partial charge in [-0.2, -0.15) is 0 Å². The molecule has 0 saturated heterocycles. The highest BCUT2D eigenvalue weighted by molar-refractivity contribution is 5.92. The first kappa shape index (κ1) is 16.0. The Morgan fingerprint density at radius 1 is 1.23 bits per heavy atom. The molecule has 0 aliphatic heterocycles. The monoisotopic (exact) mass is 298 g/mol. The topological polar surface area (TPSA) is 42.4 Å². The van der Waals surface area contributed by atoms with Crippen LogP contribution in [0.4, 0.5) is 0 Å². The van der Waals surface area contributed by atoms with Gasteiger partial charge in [0.15, 0.2) is 0 Å². The van der Waals surface area contributed by atoms with Crippen LogP contribution < -0.4 is 4.74 Å². The lowest BCUT2D eigenvalue weighted by molar-refractivity contribution is 0.0737. The van der Waals surface area contributed by atoms with Crippen molar-refractivity contribution in [2.75, 3.05) is 14.2 Å². The second-order valence-corrected chi connectivity index (χ2v) is 5.45. The van der Waals surface area contributed by atoms with Crippen LogP contribution in [-0.4, -0.2) is 36.0 Å². The van der Waals surface area contributed by atoms with Gasteiger partial charge in [0.2, 0.25) is 0 Å². The molecule has 1 amide bonds. The van der Waals surface area contributed by atoms with Crippen LogP contribution in [0.1, 0.15) is 28.7 Å². The van der Waals surface area contributed by atoms with Crippen LogP contribution in [0.25, 0.3) is 0 Å². The van der Waals surface area contributed by atoms with Gasteiger partial charge in [-0.3, -0.25) is 4.79 Å². The summed E-state index contributed by atoms with van der Waals surface area (Å²) in [5.74, 6) is 0.787. The number of nitrogens with zero attached hydrogens (tertiary/aromatic N) is 2. The molecule has 4 nitrogen and oxygen atoms in total. The Morgan fingerprint density at radius 3 is 2.64 bits per heavy atom. The highest BCUT2D eigenvalue weighted by Crippen LogP contribution is 2.20. The number of hydrogen-bond donors (Lipinski definition) is 0. The summed E-state index contributed by atoms with van der Waals surface area (Å²) in [5.41, 5.74) is 2.42. The van der Waals surface area contributed by atoms with Crippen molar-refractivity contribution in [3.05, 3.63) is 59.4 Å². The zero-order valence-electron chi connectivity index (χ0n) is 13.5. The third kappa shape index (κ3) is 3.64. The van der Waals surface area contributed by atoms with Gasteiger partial charge in [-0.25, -0.2) is 4.98 Å². The second-order valence-electron chi connectivity index (χ2n) is 5.45. The van der Waals surface area contributed by atoms with E-state index in [9.17, 15) is 4.79 Å². The second kappa shape index (κ2) is 7.07. The quantitative estimate of drug-likeness (QED) is 0.852. The Hall–Kier alpha value is -2.36. The van der Waals surface area contributed by atoms with Gasteiger partial charge in [0, 0.05) is 18.8 Å². The van der Waals surface area contributed by atoms with Crippen LogP contribution in [0.5, 0.6) is 5.75 Å². The minimum Gasteiger partial charge on any atom is -0.496 e. The number of hydrogen-bond acceptors (Lipinski definition) is 3. The van der Waals surface area contributed by atoms with E-state index in [-0.39, 0.29) is 11.9 Å². The molecule has 0 spiro atoms. The summed E-state index contributed by atoms with van der Waals surface area (Å²) in [5, 5.41) is 0. The number of para-hydroxylation sites is 1. The fraction of sp³-hybridized carbons (Fsp3) is 0.333. The summed E-state index contributed by atoms with van der Waals surface area (Å²) < 4.78 is 5.37. The van der Waals surface area contributed by atoms with E-state index in [1.54, 1.807) is 18.1 Å². The van der Waals surface area contributed by atoms with Crippen molar-refractivity contribution >= 4 is 5.91 Å². The van der Waals surface area contributed by atoms with Gasteiger partial charge in [0.1, 0.15) is 11.4 Å². The summed E-state index contributed by atoms with van der Waals surface area (Å²) in [6.45, 7) is 3.91. The fourth-order valence-electron chi connectivity index (χ4n) is 2.37. The third-order valence-electron chi connectivity index (χ3n) is 3.80. The van der Waals surface area contributed by atoms with Crippen molar-refractivity contribution in [1.29, 1.82) is 0 Å². The Kier molecular flexibility index (Phi) is 5.15. The molecule has 0 fully saturated rings. The van der Waals surface area contributed by atoms with Gasteiger partial charge in [0.25, 0.3) is 5.91 Å². The van der Waals surface area contributed by atoms with E-state index in [0.717, 1.165) is 23.4 Å². The maximum Gasteiger partial charge on any atom is 0.272 e. The number of rotatable bonds is 5. The lowest BCUT2D eigenvalue weighted by Gasteiger charge is -2.25. The molecule has 1 atom stereocenters. The minimum absolute atomic E-state index is 0.0473. The summed E-state index contributed by atoms with van der Waals surface area (Å²) in [4.78, 5) is 18.5. The Morgan fingerprint density at radius 2 is 1.95 bits per heavy atom. The maximum absolute atomic E-state index is 12.5. The first-order valence-electron chi connectivity index (χ1n) is 7.35. The summed E-state index contributed by atoms with van der Waals surface area (Å²) in [7, 11) is 3.47. The van der Waals surface area contributed by atoms with E-state index in [1.165, 1.54) is 0 Å². The smallest absolute Gasteiger partial charge is 0.272 e. The lowest BCUT2D eigenvalue weighted by atomic mass is 10.0. The van der Waals surface area contributed by atoms with Crippen LogP contribution in [0.3, 0.4) is 0 Å². The van der Waals surface area contributed by atoms with E-state index in [2.05, 4.69) is 4.98 Å². The summed E-state index contributed by atoms with van der Waals surface area (Å²) in [6.07, 6.45) is 0.734. The number of aromatic nitrogens is 1. The standard InChI is InChI=1S/C18H22N2O2/c1-13-8-7-10-16(19-13)18(21)20(3)14(2)12-15-9-5-6-11-17(15)22-4/h5-11,14H,12H2,1-4H3. The molecule has 2 rings (SSSR count). The number of aryl methyl sites for hydroxylation is 1. The van der Waals surface area contributed by atoms with Crippen LogP contribution in [0.2, 0.25) is 0 Å². The number of ether oxygens (including phenoxy) is 1. The average molecular weight is 298 g/mol. The molecule has 1 heterocycles. The normalized spacial score (nSPS) is 11.8. The Bertz CT molecular complexity index is 655. The summed E-state index contributed by atoms with van der Waals surface area (Å²) >= 11 is 0. The van der Waals surface area contributed by atoms with Crippen molar-refractivity contribution in [1.82, 2.24) is 9.88 Å². The third-order valence-corrected chi connectivity index (χ3v) is 3.80. The largest absolute Gasteiger partial charge is 0.496 e. The van der Waals surface area contributed by atoms with Crippen molar-refractivity contribution in [2.45, 2.75) is 26.3 Å². The van der Waals surface area contributed by atoms with Gasteiger partial charge in [0.05, 0.1) is 7.11 Å². The number of methoxy groups -OCH3 is 1. The van der Waals surface area contributed by atoms with Gasteiger partial charge < -0.3 is 9.64 Å². The zero-order chi connectivity index (χ0) is 16.1. The van der Waals surface area contributed by atoms with Crippen molar-refractivity contribution < 1.29 is 9.53 Å². The van der Waals surface area contributed by atoms with Crippen molar-refractivity contribution in [3.63, 3.8) is 0 Å². The Labute approximate surface area is 131 Å². The molecule has 2 aromatic rings. The molecular formula is C18H22N2O2. The highest BCUT2D eigenvalue weighted by atomic mass is 16.5. The number of carbonyl (C=O) groups is 1. The molecule has 1 aromatic heterocycles. The van der Waals surface area contributed by atoms with Gasteiger partial charge in [-0.05, 0) is 44.0 Å². The van der Waals surface area contributed by atoms with Crippen LogP contribution in [0, 0.1) is 6.92 Å². The lowest BCUT2D eigenvalue weighted by Crippen LogP contribution is -2.37. The first-order valence-corrected chi connectivity index (χ1v) is 7.35. The van der Waals surface area contributed by atoms with E-state index in [1.807, 2.05) is 57.3 Å². The average Bonchev–Trinajstić information content (AvgIpc) is 2.54. The number of carbonyl (C=O) groups excluding carboxylic acids is 1. The molecule has 0 radical (unpaired) electrons. The number of pyridine rings is 1. The molecule has 1 aromatic carbocycles. The van der Waals surface area contributed by atoms with E-state index in [0.29, 0.717) is 5.69 Å². The van der Waals surface area contributed by atoms with Crippen molar-refractivity contribution in [3.8, 4) is 5.75 Å². The number of benzene rings is 1. The Balaban J connectivity index is 2.11. The molecule has 1 unspecified atom stereocenters. The number of likely N-dealkylation sites (N-methyl/N-ethyl adjacent to an activating group) is 1. The van der Waals surface area contributed by atoms with Crippen LogP contribution >= 0.6 is 0 Å². The van der Waals surface area contributed by atoms with Gasteiger partial charge >= 0.3 is 0 Å². The van der Waals surface area contributed by atoms with E-state index in [4.69, 9.17) is 4.74 Å². The first-order chi connectivity index (χ1) is 10.5. The van der Waals surface area contributed by atoms with Crippen LogP contribution in [0.15, 0.2) is 42.5 Å². The molecule has 0 bridgehead atoms. The van der Waals surface area contributed by atoms with Crippen molar-refractivity contribution in [2.24, 2.45) is 0 Å². The van der Waals surface area contributed by atoms with Gasteiger partial charge in [-0.15, -0.1) is 0 Å². The predicted octanol–water partition coefficient (Wildman–Crippen LogP) is 3.10. The van der Waals surface area contributed by atoms with Gasteiger partial charge in [-0.1, -0.05) is 24.3 Å². The molecule has 0 aliphatic rings.